The molecule has 1 aliphatic carbocycles. The van der Waals surface area contributed by atoms with Crippen molar-refractivity contribution in [2.24, 2.45) is 11.8 Å². The summed E-state index contributed by atoms with van der Waals surface area (Å²) in [6.45, 7) is 6.28. The number of hydrogen-bond acceptors (Lipinski definition) is 6. The quantitative estimate of drug-likeness (QED) is 0.336. The summed E-state index contributed by atoms with van der Waals surface area (Å²) in [6.07, 6.45) is 1.17. The van der Waals surface area contributed by atoms with E-state index in [4.69, 9.17) is 4.52 Å². The van der Waals surface area contributed by atoms with Gasteiger partial charge in [-0.1, -0.05) is 49.3 Å². The molecule has 0 saturated carbocycles. The maximum absolute atomic E-state index is 13.8. The first kappa shape index (κ1) is 21.4. The Kier molecular flexibility index (Phi) is 4.88. The van der Waals surface area contributed by atoms with Gasteiger partial charge in [-0.05, 0) is 42.5 Å². The molecule has 1 aromatic heterocycles. The Morgan fingerprint density at radius 2 is 1.80 bits per heavy atom. The van der Waals surface area contributed by atoms with Gasteiger partial charge in [-0.2, -0.15) is 0 Å². The van der Waals surface area contributed by atoms with Crippen molar-refractivity contribution in [3.8, 4) is 11.3 Å². The molecular weight excluding hydrogens is 442 g/mol. The topological polar surface area (TPSA) is 95.7 Å². The molecule has 7 heteroatoms. The maximum atomic E-state index is 13.8. The van der Waals surface area contributed by atoms with Crippen molar-refractivity contribution in [2.75, 3.05) is 23.3 Å². The lowest BCUT2D eigenvalue weighted by Crippen LogP contribution is -2.39. The number of ketones is 1. The zero-order chi connectivity index (χ0) is 24.3. The van der Waals surface area contributed by atoms with E-state index in [0.29, 0.717) is 51.0 Å². The molecule has 0 unspecified atom stereocenters. The number of rotatable bonds is 4. The number of fused-ring (bicyclic) bond motifs is 2. The second-order valence-corrected chi connectivity index (χ2v) is 9.79. The van der Waals surface area contributed by atoms with Crippen LogP contribution in [0.25, 0.3) is 22.2 Å². The zero-order valence-corrected chi connectivity index (χ0v) is 19.5. The molecule has 2 aliphatic rings. The van der Waals surface area contributed by atoms with E-state index in [0.717, 1.165) is 24.3 Å². The lowest BCUT2D eigenvalue weighted by atomic mass is 9.85. The molecule has 0 radical (unpaired) electrons. The van der Waals surface area contributed by atoms with Gasteiger partial charge in [0, 0.05) is 29.9 Å². The third-order valence-electron chi connectivity index (χ3n) is 6.98. The van der Waals surface area contributed by atoms with Gasteiger partial charge in [0.25, 0.3) is 0 Å². The Labute approximate surface area is 202 Å². The minimum absolute atomic E-state index is 0.106. The molecule has 2 N–H and O–H groups in total. The summed E-state index contributed by atoms with van der Waals surface area (Å²) < 4.78 is 5.88. The molecule has 1 saturated heterocycles. The molecule has 1 fully saturated rings. The third-order valence-corrected chi connectivity index (χ3v) is 6.98. The number of piperidine rings is 1. The number of carbonyl (C=O) groups is 2. The highest BCUT2D eigenvalue weighted by atomic mass is 16.5. The Morgan fingerprint density at radius 3 is 2.54 bits per heavy atom. The standard InChI is InChI=1S/C28H25N3O4/c1-15-10-16(2)14-31(13-15)22-12-21(29-18-7-5-6-17(11-18)28(33)34)23-24-25(22)30-35-27(24)20-9-4-3-8-19(20)26(23)32/h3-9,11-12,15-16,29H,10,13-14H2,1-2H3,(H,33,34)/t15-,16+. The van der Waals surface area contributed by atoms with E-state index >= 15 is 0 Å². The summed E-state index contributed by atoms with van der Waals surface area (Å²) in [5.74, 6) is 0.531. The second kappa shape index (κ2) is 7.98. The van der Waals surface area contributed by atoms with Crippen molar-refractivity contribution in [3.05, 3.63) is 71.3 Å². The van der Waals surface area contributed by atoms with Crippen LogP contribution < -0.4 is 10.2 Å². The predicted molar refractivity (Wildman–Crippen MR) is 135 cm³/mol. The molecule has 4 aromatic rings. The fraction of sp³-hybridized carbons (Fsp3) is 0.250. The van der Waals surface area contributed by atoms with E-state index in [1.165, 1.54) is 6.42 Å². The van der Waals surface area contributed by atoms with E-state index in [1.54, 1.807) is 30.3 Å². The van der Waals surface area contributed by atoms with Crippen LogP contribution in [0.2, 0.25) is 0 Å². The van der Waals surface area contributed by atoms with Gasteiger partial charge in [0.1, 0.15) is 5.52 Å². The van der Waals surface area contributed by atoms with Crippen LogP contribution >= 0.6 is 0 Å². The molecular formula is C28H25N3O4. The van der Waals surface area contributed by atoms with Crippen LogP contribution in [0.3, 0.4) is 0 Å². The van der Waals surface area contributed by atoms with Crippen molar-refractivity contribution in [1.82, 2.24) is 5.16 Å². The van der Waals surface area contributed by atoms with Crippen LogP contribution in [-0.2, 0) is 0 Å². The summed E-state index contributed by atoms with van der Waals surface area (Å²) in [5, 5.41) is 17.9. The number of anilines is 3. The van der Waals surface area contributed by atoms with E-state index in [1.807, 2.05) is 24.3 Å². The molecule has 2 atom stereocenters. The number of aromatic nitrogens is 1. The lowest BCUT2D eigenvalue weighted by Gasteiger charge is -2.37. The van der Waals surface area contributed by atoms with Crippen molar-refractivity contribution >= 4 is 39.7 Å². The van der Waals surface area contributed by atoms with Gasteiger partial charge in [0.15, 0.2) is 11.5 Å². The molecule has 176 valence electrons. The Bertz CT molecular complexity index is 1500. The first-order valence-corrected chi connectivity index (χ1v) is 11.9. The average Bonchev–Trinajstić information content (AvgIpc) is 3.27. The van der Waals surface area contributed by atoms with Gasteiger partial charge in [-0.15, -0.1) is 0 Å². The van der Waals surface area contributed by atoms with Gasteiger partial charge in [-0.25, -0.2) is 4.79 Å². The van der Waals surface area contributed by atoms with Gasteiger partial charge in [0.05, 0.1) is 27.9 Å². The molecule has 2 heterocycles. The van der Waals surface area contributed by atoms with Crippen LogP contribution in [0, 0.1) is 11.8 Å². The number of benzene rings is 3. The Morgan fingerprint density at radius 1 is 1.06 bits per heavy atom. The molecule has 7 nitrogen and oxygen atoms in total. The SMILES string of the molecule is C[C@@H]1C[C@H](C)CN(c2cc(Nc3cccc(C(=O)O)c3)c3c4c(onc24)-c2ccccc2C3=O)C1. The van der Waals surface area contributed by atoms with Crippen molar-refractivity contribution in [2.45, 2.75) is 20.3 Å². The molecule has 35 heavy (non-hydrogen) atoms. The fourth-order valence-electron chi connectivity index (χ4n) is 5.63. The summed E-state index contributed by atoms with van der Waals surface area (Å²) in [6, 6.07) is 16.0. The Balaban J connectivity index is 1.58. The normalized spacial score (nSPS) is 19.0. The largest absolute Gasteiger partial charge is 0.478 e. The van der Waals surface area contributed by atoms with Crippen LogP contribution in [0.1, 0.15) is 46.5 Å². The van der Waals surface area contributed by atoms with Gasteiger partial charge < -0.3 is 19.8 Å². The van der Waals surface area contributed by atoms with Crippen LogP contribution in [-0.4, -0.2) is 35.1 Å². The number of carboxylic acid groups (broad SMARTS) is 1. The van der Waals surface area contributed by atoms with Gasteiger partial charge in [0.2, 0.25) is 0 Å². The van der Waals surface area contributed by atoms with Crippen molar-refractivity contribution in [1.29, 1.82) is 0 Å². The minimum Gasteiger partial charge on any atom is -0.478 e. The van der Waals surface area contributed by atoms with E-state index in [9.17, 15) is 14.7 Å². The first-order chi connectivity index (χ1) is 16.9. The number of nitrogens with one attached hydrogen (secondary N) is 1. The summed E-state index contributed by atoms with van der Waals surface area (Å²) in [7, 11) is 0. The minimum atomic E-state index is -1.01. The predicted octanol–water partition coefficient (Wildman–Crippen LogP) is 5.96. The second-order valence-electron chi connectivity index (χ2n) is 9.79. The van der Waals surface area contributed by atoms with Crippen molar-refractivity contribution < 1.29 is 19.2 Å². The highest BCUT2D eigenvalue weighted by molar-refractivity contribution is 6.28. The van der Waals surface area contributed by atoms with Crippen molar-refractivity contribution in [3.63, 3.8) is 0 Å². The maximum Gasteiger partial charge on any atom is 0.335 e. The van der Waals surface area contributed by atoms with E-state index in [-0.39, 0.29) is 11.3 Å². The first-order valence-electron chi connectivity index (χ1n) is 11.9. The molecule has 0 amide bonds. The van der Waals surface area contributed by atoms with Crippen LogP contribution in [0.15, 0.2) is 59.1 Å². The number of carbonyl (C=O) groups excluding carboxylic acids is 1. The lowest BCUT2D eigenvalue weighted by molar-refractivity contribution is 0.0696. The van der Waals surface area contributed by atoms with Crippen LogP contribution in [0.4, 0.5) is 17.1 Å². The van der Waals surface area contributed by atoms with E-state index in [2.05, 4.69) is 29.2 Å². The van der Waals surface area contributed by atoms with Gasteiger partial charge >= 0.3 is 5.97 Å². The molecule has 0 bridgehead atoms. The molecule has 1 aliphatic heterocycles. The summed E-state index contributed by atoms with van der Waals surface area (Å²) >= 11 is 0. The summed E-state index contributed by atoms with van der Waals surface area (Å²) in [4.78, 5) is 27.6. The Hall–Kier alpha value is -4.13. The van der Waals surface area contributed by atoms with E-state index < -0.39 is 5.97 Å². The average molecular weight is 468 g/mol. The number of nitrogens with zero attached hydrogens (tertiary/aromatic N) is 2. The fourth-order valence-corrected chi connectivity index (χ4v) is 5.63. The number of aromatic carboxylic acids is 1. The molecule has 6 rings (SSSR count). The molecule has 0 spiro atoms. The monoisotopic (exact) mass is 467 g/mol. The zero-order valence-electron chi connectivity index (χ0n) is 19.5. The highest BCUT2D eigenvalue weighted by Crippen LogP contribution is 2.47. The molecule has 3 aromatic carbocycles. The smallest absolute Gasteiger partial charge is 0.335 e. The number of hydrogen-bond donors (Lipinski definition) is 2. The van der Waals surface area contributed by atoms with Crippen LogP contribution in [0.5, 0.6) is 0 Å². The third kappa shape index (κ3) is 3.46. The number of carboxylic acids is 1. The highest BCUT2D eigenvalue weighted by Gasteiger charge is 2.34. The summed E-state index contributed by atoms with van der Waals surface area (Å²) in [5.41, 5.74) is 4.78. The van der Waals surface area contributed by atoms with Gasteiger partial charge in [-0.3, -0.25) is 4.79 Å².